The fourth-order valence-electron chi connectivity index (χ4n) is 2.36. The minimum absolute atomic E-state index is 0.225. The lowest BCUT2D eigenvalue weighted by molar-refractivity contribution is -0.586. The van der Waals surface area contributed by atoms with Crippen molar-refractivity contribution in [3.63, 3.8) is 0 Å². The summed E-state index contributed by atoms with van der Waals surface area (Å²) in [7, 11) is 0. The summed E-state index contributed by atoms with van der Waals surface area (Å²) in [6.07, 6.45) is -1.78. The minimum Gasteiger partial charge on any atom is -0.379 e. The van der Waals surface area contributed by atoms with Crippen LogP contribution in [0.4, 0.5) is 0 Å². The number of nitrogens with zero attached hydrogens (tertiary/aromatic N) is 2. The molecule has 2 unspecified atom stereocenters. The number of rotatable bonds is 6. The second kappa shape index (κ2) is 6.77. The maximum absolute atomic E-state index is 11.3. The summed E-state index contributed by atoms with van der Waals surface area (Å²) in [5.41, 5.74) is 0.450. The molecule has 0 spiro atoms. The van der Waals surface area contributed by atoms with Gasteiger partial charge in [-0.1, -0.05) is 60.7 Å². The van der Waals surface area contributed by atoms with E-state index in [1.165, 1.54) is 24.3 Å². The molecule has 0 radical (unpaired) electrons. The molecule has 2 atom stereocenters. The Hall–Kier alpha value is -2.80. The third-order valence-corrected chi connectivity index (χ3v) is 3.38. The molecule has 2 aromatic rings. The molecule has 0 aliphatic carbocycles. The normalized spacial score (nSPS) is 14.8. The van der Waals surface area contributed by atoms with Crippen molar-refractivity contribution in [1.29, 1.82) is 0 Å². The second-order valence-corrected chi connectivity index (χ2v) is 4.77. The van der Waals surface area contributed by atoms with Crippen LogP contribution in [0.25, 0.3) is 0 Å². The summed E-state index contributed by atoms with van der Waals surface area (Å²) in [6.45, 7) is 0. The average Bonchev–Trinajstić information content (AvgIpc) is 2.49. The van der Waals surface area contributed by atoms with Gasteiger partial charge in [0.2, 0.25) is 0 Å². The van der Waals surface area contributed by atoms with Crippen molar-refractivity contribution in [2.75, 3.05) is 0 Å². The van der Waals surface area contributed by atoms with Gasteiger partial charge >= 0.3 is 0 Å². The number of benzene rings is 2. The molecule has 0 bridgehead atoms. The first kappa shape index (κ1) is 15.6. The summed E-state index contributed by atoms with van der Waals surface area (Å²) in [5.74, 6) is 0. The lowest BCUT2D eigenvalue weighted by Gasteiger charge is -2.20. The Morgan fingerprint density at radius 3 is 1.32 bits per heavy atom. The van der Waals surface area contributed by atoms with E-state index >= 15 is 0 Å². The van der Waals surface area contributed by atoms with Crippen LogP contribution in [-0.2, 0) is 0 Å². The number of hydrogen-bond donors (Lipinski definition) is 1. The van der Waals surface area contributed by atoms with E-state index in [0.717, 1.165) is 0 Å². The van der Waals surface area contributed by atoms with Gasteiger partial charge in [-0.2, -0.15) is 0 Å². The highest BCUT2D eigenvalue weighted by atomic mass is 16.6. The van der Waals surface area contributed by atoms with Crippen LogP contribution in [-0.4, -0.2) is 21.1 Å². The summed E-state index contributed by atoms with van der Waals surface area (Å²) in [4.78, 5) is 21.3. The van der Waals surface area contributed by atoms with Crippen molar-refractivity contribution in [3.8, 4) is 0 Å². The monoisotopic (exact) mass is 302 g/mol. The molecule has 0 fully saturated rings. The summed E-state index contributed by atoms with van der Waals surface area (Å²) in [6, 6.07) is 12.4. The molecule has 1 N–H and O–H groups in total. The lowest BCUT2D eigenvalue weighted by atomic mass is 9.92. The zero-order valence-electron chi connectivity index (χ0n) is 11.5. The summed E-state index contributed by atoms with van der Waals surface area (Å²) < 4.78 is 0. The summed E-state index contributed by atoms with van der Waals surface area (Å²) >= 11 is 0. The van der Waals surface area contributed by atoms with Crippen molar-refractivity contribution < 1.29 is 15.0 Å². The predicted molar refractivity (Wildman–Crippen MR) is 78.4 cm³/mol. The first-order valence-corrected chi connectivity index (χ1v) is 6.57. The van der Waals surface area contributed by atoms with Crippen molar-refractivity contribution in [2.45, 2.75) is 18.2 Å². The van der Waals surface area contributed by atoms with E-state index in [-0.39, 0.29) is 11.1 Å². The Bertz CT molecular complexity index is 590. The van der Waals surface area contributed by atoms with Gasteiger partial charge in [-0.25, -0.2) is 0 Å². The molecular formula is C15H14N2O5. The standard InChI is InChI=1S/C15H14N2O5/c18-15(13(16(19)20)11-7-3-1-4-8-11)14(17(21)22)12-9-5-2-6-10-12/h1-10,13-15,18H. The van der Waals surface area contributed by atoms with Gasteiger partial charge in [0.25, 0.3) is 12.1 Å². The quantitative estimate of drug-likeness (QED) is 0.651. The first-order valence-electron chi connectivity index (χ1n) is 6.57. The van der Waals surface area contributed by atoms with Crippen LogP contribution >= 0.6 is 0 Å². The van der Waals surface area contributed by atoms with Gasteiger partial charge in [-0.3, -0.25) is 20.2 Å². The van der Waals surface area contributed by atoms with Gasteiger partial charge in [-0.05, 0) is 0 Å². The van der Waals surface area contributed by atoms with E-state index in [1.807, 2.05) is 0 Å². The van der Waals surface area contributed by atoms with E-state index in [9.17, 15) is 25.3 Å². The molecule has 22 heavy (non-hydrogen) atoms. The van der Waals surface area contributed by atoms with Crippen LogP contribution in [0.5, 0.6) is 0 Å². The Labute approximate surface area is 126 Å². The number of aliphatic hydroxyl groups excluding tert-OH is 1. The zero-order valence-corrected chi connectivity index (χ0v) is 11.5. The smallest absolute Gasteiger partial charge is 0.270 e. The van der Waals surface area contributed by atoms with Crippen LogP contribution < -0.4 is 0 Å². The fourth-order valence-corrected chi connectivity index (χ4v) is 2.36. The molecule has 114 valence electrons. The van der Waals surface area contributed by atoms with E-state index in [0.29, 0.717) is 0 Å². The van der Waals surface area contributed by atoms with Crippen LogP contribution in [0.2, 0.25) is 0 Å². The molecule has 7 heteroatoms. The molecule has 0 aromatic heterocycles. The molecule has 2 rings (SSSR count). The highest BCUT2D eigenvalue weighted by molar-refractivity contribution is 5.23. The molecular weight excluding hydrogens is 288 g/mol. The zero-order chi connectivity index (χ0) is 16.1. The topological polar surface area (TPSA) is 107 Å². The van der Waals surface area contributed by atoms with Crippen LogP contribution in [0.3, 0.4) is 0 Å². The largest absolute Gasteiger partial charge is 0.379 e. The average molecular weight is 302 g/mol. The number of nitro groups is 2. The van der Waals surface area contributed by atoms with Crippen LogP contribution in [0, 0.1) is 20.2 Å². The second-order valence-electron chi connectivity index (χ2n) is 4.77. The van der Waals surface area contributed by atoms with Crippen molar-refractivity contribution in [3.05, 3.63) is 92.0 Å². The predicted octanol–water partition coefficient (Wildman–Crippen LogP) is 2.38. The van der Waals surface area contributed by atoms with Gasteiger partial charge < -0.3 is 5.11 Å². The van der Waals surface area contributed by atoms with E-state index in [2.05, 4.69) is 0 Å². The van der Waals surface area contributed by atoms with Crippen molar-refractivity contribution in [2.24, 2.45) is 0 Å². The Kier molecular flexibility index (Phi) is 4.80. The van der Waals surface area contributed by atoms with Crippen molar-refractivity contribution in [1.82, 2.24) is 0 Å². The minimum atomic E-state index is -1.78. The Balaban J connectivity index is 2.42. The van der Waals surface area contributed by atoms with Gasteiger partial charge in [0.1, 0.15) is 0 Å². The molecule has 0 amide bonds. The maximum atomic E-state index is 11.3. The molecule has 2 aromatic carbocycles. The maximum Gasteiger partial charge on any atom is 0.270 e. The molecule has 0 heterocycles. The molecule has 0 saturated carbocycles. The van der Waals surface area contributed by atoms with Gasteiger partial charge in [-0.15, -0.1) is 0 Å². The first-order chi connectivity index (χ1) is 10.5. The number of aliphatic hydroxyl groups is 1. The Morgan fingerprint density at radius 1 is 0.727 bits per heavy atom. The van der Waals surface area contributed by atoms with Gasteiger partial charge in [0.15, 0.2) is 6.10 Å². The molecule has 7 nitrogen and oxygen atoms in total. The Morgan fingerprint density at radius 2 is 1.05 bits per heavy atom. The highest BCUT2D eigenvalue weighted by Crippen LogP contribution is 2.31. The van der Waals surface area contributed by atoms with E-state index < -0.39 is 28.0 Å². The molecule has 0 aliphatic heterocycles. The third-order valence-electron chi connectivity index (χ3n) is 3.38. The lowest BCUT2D eigenvalue weighted by Crippen LogP contribution is -2.35. The third kappa shape index (κ3) is 3.26. The molecule has 0 aliphatic rings. The SMILES string of the molecule is O=[N+]([O-])C(c1ccccc1)C(O)C(c1ccccc1)[N+](=O)[O-]. The summed E-state index contributed by atoms with van der Waals surface area (Å²) in [5, 5.41) is 33.0. The highest BCUT2D eigenvalue weighted by Gasteiger charge is 2.44. The van der Waals surface area contributed by atoms with Crippen molar-refractivity contribution >= 4 is 0 Å². The number of hydrogen-bond acceptors (Lipinski definition) is 5. The van der Waals surface area contributed by atoms with Gasteiger partial charge in [0, 0.05) is 21.0 Å². The van der Waals surface area contributed by atoms with E-state index in [4.69, 9.17) is 0 Å². The van der Waals surface area contributed by atoms with E-state index in [1.54, 1.807) is 36.4 Å². The van der Waals surface area contributed by atoms with Crippen LogP contribution in [0.1, 0.15) is 23.2 Å². The van der Waals surface area contributed by atoms with Gasteiger partial charge in [0.05, 0.1) is 0 Å². The fraction of sp³-hybridized carbons (Fsp3) is 0.200. The molecule has 0 saturated heterocycles. The van der Waals surface area contributed by atoms with Crippen LogP contribution in [0.15, 0.2) is 60.7 Å².